The number of halogens is 2. The molecule has 3 nitrogen and oxygen atoms in total. The van der Waals surface area contributed by atoms with Crippen molar-refractivity contribution in [1.82, 2.24) is 0 Å². The average Bonchev–Trinajstić information content (AvgIpc) is 2.39. The van der Waals surface area contributed by atoms with Crippen LogP contribution in [0.25, 0.3) is 0 Å². The average molecular weight is 293 g/mol. The summed E-state index contributed by atoms with van der Waals surface area (Å²) in [6, 6.07) is 9.52. The normalized spacial score (nSPS) is 10.3. The minimum atomic E-state index is -0.441. The monoisotopic (exact) mass is 292 g/mol. The lowest BCUT2D eigenvalue weighted by molar-refractivity contribution is 0.305. The largest absolute Gasteiger partial charge is 0.489 e. The molecule has 0 radical (unpaired) electrons. The van der Waals surface area contributed by atoms with Crippen LogP contribution in [-0.2, 0) is 6.61 Å². The van der Waals surface area contributed by atoms with Gasteiger partial charge in [-0.05, 0) is 54.4 Å². The van der Waals surface area contributed by atoms with E-state index in [4.69, 9.17) is 27.5 Å². The summed E-state index contributed by atoms with van der Waals surface area (Å²) in [6.45, 7) is 2.07. The number of nitrogens with one attached hydrogen (secondary N) is 1. The zero-order valence-corrected chi connectivity index (χ0v) is 11.7. The molecule has 0 saturated heterocycles. The van der Waals surface area contributed by atoms with E-state index >= 15 is 0 Å². The highest BCUT2D eigenvalue weighted by Crippen LogP contribution is 2.22. The molecule has 2 rings (SSSR count). The molecule has 0 saturated carbocycles. The number of ether oxygens (including phenoxy) is 1. The Morgan fingerprint density at radius 3 is 2.70 bits per heavy atom. The van der Waals surface area contributed by atoms with Crippen LogP contribution in [-0.4, -0.2) is 5.84 Å². The molecule has 2 aromatic carbocycles. The minimum absolute atomic E-state index is 0.173. The zero-order chi connectivity index (χ0) is 14.7. The fourth-order valence-electron chi connectivity index (χ4n) is 1.76. The van der Waals surface area contributed by atoms with E-state index in [1.54, 1.807) is 18.2 Å². The fraction of sp³-hybridized carbons (Fsp3) is 0.133. The van der Waals surface area contributed by atoms with Crippen molar-refractivity contribution in [3.8, 4) is 5.75 Å². The number of aryl methyl sites for hydroxylation is 1. The van der Waals surface area contributed by atoms with E-state index in [1.165, 1.54) is 12.1 Å². The third-order valence-corrected chi connectivity index (χ3v) is 3.23. The van der Waals surface area contributed by atoms with Crippen LogP contribution in [0, 0.1) is 18.2 Å². The fourth-order valence-corrected chi connectivity index (χ4v) is 1.88. The molecule has 0 unspecified atom stereocenters. The first kappa shape index (κ1) is 14.3. The number of amidine groups is 1. The molecule has 0 aliphatic carbocycles. The molecule has 0 aromatic heterocycles. The van der Waals surface area contributed by atoms with Crippen LogP contribution >= 0.6 is 11.6 Å². The number of nitrogens with two attached hydrogens (primary N) is 1. The number of benzene rings is 2. The Hall–Kier alpha value is -2.07. The highest BCUT2D eigenvalue weighted by atomic mass is 35.5. The van der Waals surface area contributed by atoms with Crippen molar-refractivity contribution in [3.63, 3.8) is 0 Å². The second-order valence-electron chi connectivity index (χ2n) is 4.46. The summed E-state index contributed by atoms with van der Waals surface area (Å²) >= 11 is 5.93. The van der Waals surface area contributed by atoms with E-state index in [1.807, 2.05) is 13.0 Å². The molecule has 3 N–H and O–H groups in total. The SMILES string of the molecule is Cc1cc(OCc2cc(F)cc(C(=N)N)c2)ccc1Cl. The lowest BCUT2D eigenvalue weighted by Gasteiger charge is -2.09. The highest BCUT2D eigenvalue weighted by Gasteiger charge is 2.05. The van der Waals surface area contributed by atoms with Gasteiger partial charge in [0.2, 0.25) is 0 Å². The van der Waals surface area contributed by atoms with E-state index in [0.29, 0.717) is 21.9 Å². The van der Waals surface area contributed by atoms with Gasteiger partial charge < -0.3 is 10.5 Å². The Labute approximate surface area is 121 Å². The van der Waals surface area contributed by atoms with Crippen molar-refractivity contribution >= 4 is 17.4 Å². The molecular formula is C15H14ClFN2O. The molecular weight excluding hydrogens is 279 g/mol. The standard InChI is InChI=1S/C15H14ClFN2O/c1-9-4-13(2-3-14(9)16)20-8-10-5-11(15(18)19)7-12(17)6-10/h2-7H,8H2,1H3,(H3,18,19). The molecule has 20 heavy (non-hydrogen) atoms. The van der Waals surface area contributed by atoms with Gasteiger partial charge in [0.1, 0.15) is 24.0 Å². The van der Waals surface area contributed by atoms with Crippen LogP contribution in [0.15, 0.2) is 36.4 Å². The molecule has 104 valence electrons. The highest BCUT2D eigenvalue weighted by molar-refractivity contribution is 6.31. The molecule has 0 spiro atoms. The molecule has 0 bridgehead atoms. The van der Waals surface area contributed by atoms with E-state index < -0.39 is 5.82 Å². The summed E-state index contributed by atoms with van der Waals surface area (Å²) in [5.74, 6) is 0.0391. The van der Waals surface area contributed by atoms with Crippen molar-refractivity contribution in [1.29, 1.82) is 5.41 Å². The molecule has 0 aliphatic heterocycles. The molecule has 0 atom stereocenters. The summed E-state index contributed by atoms with van der Waals surface area (Å²) < 4.78 is 19.0. The Morgan fingerprint density at radius 1 is 1.30 bits per heavy atom. The zero-order valence-electron chi connectivity index (χ0n) is 10.9. The molecule has 0 aliphatic rings. The van der Waals surface area contributed by atoms with Crippen LogP contribution < -0.4 is 10.5 Å². The first-order chi connectivity index (χ1) is 9.45. The summed E-state index contributed by atoms with van der Waals surface area (Å²) in [4.78, 5) is 0. The summed E-state index contributed by atoms with van der Waals surface area (Å²) in [5.41, 5.74) is 7.22. The number of hydrogen-bond acceptors (Lipinski definition) is 2. The third kappa shape index (κ3) is 3.48. The predicted molar refractivity (Wildman–Crippen MR) is 77.9 cm³/mol. The van der Waals surface area contributed by atoms with Crippen LogP contribution in [0.1, 0.15) is 16.7 Å². The van der Waals surface area contributed by atoms with Crippen molar-refractivity contribution in [2.75, 3.05) is 0 Å². The Bertz CT molecular complexity index is 658. The van der Waals surface area contributed by atoms with Crippen molar-refractivity contribution in [3.05, 3.63) is 63.9 Å². The third-order valence-electron chi connectivity index (χ3n) is 2.80. The van der Waals surface area contributed by atoms with Crippen molar-refractivity contribution < 1.29 is 9.13 Å². The van der Waals surface area contributed by atoms with Crippen molar-refractivity contribution in [2.24, 2.45) is 5.73 Å². The minimum Gasteiger partial charge on any atom is -0.489 e. The van der Waals surface area contributed by atoms with Crippen molar-refractivity contribution in [2.45, 2.75) is 13.5 Å². The lowest BCUT2D eigenvalue weighted by atomic mass is 10.1. The Kier molecular flexibility index (Phi) is 4.25. The predicted octanol–water partition coefficient (Wildman–Crippen LogP) is 3.65. The van der Waals surface area contributed by atoms with Crippen LogP contribution in [0.2, 0.25) is 5.02 Å². The summed E-state index contributed by atoms with van der Waals surface area (Å²) in [7, 11) is 0. The number of rotatable bonds is 4. The molecule has 5 heteroatoms. The van der Waals surface area contributed by atoms with Gasteiger partial charge >= 0.3 is 0 Å². The summed E-state index contributed by atoms with van der Waals surface area (Å²) in [6.07, 6.45) is 0. The molecule has 2 aromatic rings. The van der Waals surface area contributed by atoms with Gasteiger partial charge in [-0.2, -0.15) is 0 Å². The Morgan fingerprint density at radius 2 is 2.05 bits per heavy atom. The number of hydrogen-bond donors (Lipinski definition) is 2. The van der Waals surface area contributed by atoms with Gasteiger partial charge in [-0.15, -0.1) is 0 Å². The second kappa shape index (κ2) is 5.92. The van der Waals surface area contributed by atoms with E-state index in [2.05, 4.69) is 0 Å². The maximum atomic E-state index is 13.4. The van der Waals surface area contributed by atoms with E-state index in [0.717, 1.165) is 5.56 Å². The van der Waals surface area contributed by atoms with Crippen LogP contribution in [0.3, 0.4) is 0 Å². The maximum absolute atomic E-state index is 13.4. The van der Waals surface area contributed by atoms with Gasteiger partial charge in [0.05, 0.1) is 0 Å². The quantitative estimate of drug-likeness (QED) is 0.667. The van der Waals surface area contributed by atoms with Crippen LogP contribution in [0.5, 0.6) is 5.75 Å². The van der Waals surface area contributed by atoms with Gasteiger partial charge in [-0.3, -0.25) is 5.41 Å². The van der Waals surface area contributed by atoms with Crippen LogP contribution in [0.4, 0.5) is 4.39 Å². The van der Waals surface area contributed by atoms with Gasteiger partial charge in [-0.25, -0.2) is 4.39 Å². The molecule has 0 fully saturated rings. The van der Waals surface area contributed by atoms with E-state index in [9.17, 15) is 4.39 Å². The van der Waals surface area contributed by atoms with Gasteiger partial charge in [0.15, 0.2) is 0 Å². The van der Waals surface area contributed by atoms with Gasteiger partial charge in [0.25, 0.3) is 0 Å². The number of nitrogen functional groups attached to an aromatic ring is 1. The van der Waals surface area contributed by atoms with Gasteiger partial charge in [-0.1, -0.05) is 11.6 Å². The molecule has 0 heterocycles. The lowest BCUT2D eigenvalue weighted by Crippen LogP contribution is -2.12. The van der Waals surface area contributed by atoms with E-state index in [-0.39, 0.29) is 12.4 Å². The van der Waals surface area contributed by atoms with Gasteiger partial charge in [0, 0.05) is 10.6 Å². The second-order valence-corrected chi connectivity index (χ2v) is 4.87. The maximum Gasteiger partial charge on any atom is 0.124 e. The molecule has 0 amide bonds. The topological polar surface area (TPSA) is 59.1 Å². The first-order valence-electron chi connectivity index (χ1n) is 5.98. The first-order valence-corrected chi connectivity index (χ1v) is 6.36. The Balaban J connectivity index is 2.14. The summed E-state index contributed by atoms with van der Waals surface area (Å²) in [5, 5.41) is 8.00. The smallest absolute Gasteiger partial charge is 0.124 e.